The number of fused-ring (bicyclic) bond motifs is 4. The molecular formula is C37H56O2. The first-order valence-corrected chi connectivity index (χ1v) is 16.3. The van der Waals surface area contributed by atoms with E-state index in [1.165, 1.54) is 57.8 Å². The largest absolute Gasteiger partial charge is 0.458 e. The van der Waals surface area contributed by atoms with Crippen LogP contribution in [0.25, 0.3) is 0 Å². The highest BCUT2D eigenvalue weighted by Crippen LogP contribution is 2.72. The molecule has 2 fully saturated rings. The quantitative estimate of drug-likeness (QED) is 0.258. The maximum absolute atomic E-state index is 13.0. The fourth-order valence-electron chi connectivity index (χ4n) is 10.6. The van der Waals surface area contributed by atoms with E-state index in [2.05, 4.69) is 55.4 Å². The van der Waals surface area contributed by atoms with Gasteiger partial charge in [0.15, 0.2) is 0 Å². The first-order chi connectivity index (χ1) is 18.3. The number of hydrogen-bond acceptors (Lipinski definition) is 2. The van der Waals surface area contributed by atoms with Gasteiger partial charge >= 0.3 is 5.97 Å². The summed E-state index contributed by atoms with van der Waals surface area (Å²) in [5, 5.41) is 0. The molecule has 0 N–H and O–H groups in total. The van der Waals surface area contributed by atoms with E-state index in [4.69, 9.17) is 4.74 Å². The Morgan fingerprint density at radius 3 is 2.28 bits per heavy atom. The van der Waals surface area contributed by atoms with Gasteiger partial charge in [0.2, 0.25) is 0 Å². The van der Waals surface area contributed by atoms with Crippen LogP contribution in [0.2, 0.25) is 0 Å². The van der Waals surface area contributed by atoms with Crippen LogP contribution < -0.4 is 0 Å². The molecule has 2 heteroatoms. The number of allylic oxidation sites excluding steroid dienone is 2. The first kappa shape index (κ1) is 28.9. The summed E-state index contributed by atoms with van der Waals surface area (Å²) in [6, 6.07) is 9.55. The van der Waals surface area contributed by atoms with Gasteiger partial charge in [0.25, 0.3) is 0 Å². The summed E-state index contributed by atoms with van der Waals surface area (Å²) in [6.45, 7) is 20.0. The Kier molecular flexibility index (Phi) is 7.69. The lowest BCUT2D eigenvalue weighted by Crippen LogP contribution is -2.55. The van der Waals surface area contributed by atoms with E-state index in [1.807, 2.05) is 41.5 Å². The number of benzene rings is 1. The van der Waals surface area contributed by atoms with Gasteiger partial charge in [0, 0.05) is 5.41 Å². The topological polar surface area (TPSA) is 26.3 Å². The fourth-order valence-corrected chi connectivity index (χ4v) is 10.6. The summed E-state index contributed by atoms with van der Waals surface area (Å²) >= 11 is 0. The normalized spacial score (nSPS) is 38.1. The summed E-state index contributed by atoms with van der Waals surface area (Å²) in [4.78, 5) is 13.0. The Labute approximate surface area is 239 Å². The monoisotopic (exact) mass is 532 g/mol. The number of carbonyl (C=O) groups is 1. The van der Waals surface area contributed by atoms with Gasteiger partial charge < -0.3 is 4.74 Å². The second-order valence-electron chi connectivity index (χ2n) is 15.8. The zero-order chi connectivity index (χ0) is 28.2. The van der Waals surface area contributed by atoms with Crippen molar-refractivity contribution in [1.82, 2.24) is 0 Å². The smallest absolute Gasteiger partial charge is 0.338 e. The molecule has 4 aliphatic carbocycles. The Bertz CT molecular complexity index is 1080. The van der Waals surface area contributed by atoms with Crippen molar-refractivity contribution in [3.05, 3.63) is 47.0 Å². The van der Waals surface area contributed by atoms with Gasteiger partial charge in [-0.15, -0.1) is 0 Å². The summed E-state index contributed by atoms with van der Waals surface area (Å²) in [7, 11) is 0. The van der Waals surface area contributed by atoms with Crippen LogP contribution in [0.4, 0.5) is 0 Å². The highest BCUT2D eigenvalue weighted by molar-refractivity contribution is 5.89. The van der Waals surface area contributed by atoms with E-state index in [0.717, 1.165) is 30.6 Å². The standard InChI is InChI=1S/C37H56O2/c1-25(2)13-12-14-26(3)28-19-23-37(8)30-17-18-31-34(4,5)32(39-33(38)27-15-10-9-11-16-27)21-22-35(31,6)29(30)20-24-36(28,37)7/h9-11,15-16,25-26,28,31-32H,12-14,17-24H2,1-8H3/t26-,28-,31+,32-,35-,36+,37+/m0/s1. The minimum absolute atomic E-state index is 0.0163. The predicted octanol–water partition coefficient (Wildman–Crippen LogP) is 10.4. The highest BCUT2D eigenvalue weighted by atomic mass is 16.5. The Morgan fingerprint density at radius 1 is 0.872 bits per heavy atom. The van der Waals surface area contributed by atoms with E-state index in [0.29, 0.717) is 22.3 Å². The molecule has 0 aromatic heterocycles. The summed E-state index contributed by atoms with van der Waals surface area (Å²) in [5.74, 6) is 2.91. The first-order valence-electron chi connectivity index (χ1n) is 16.3. The maximum atomic E-state index is 13.0. The van der Waals surface area contributed by atoms with Gasteiger partial charge in [-0.1, -0.05) is 104 Å². The van der Waals surface area contributed by atoms with Crippen LogP contribution in [0.15, 0.2) is 41.5 Å². The fraction of sp³-hybridized carbons (Fsp3) is 0.757. The van der Waals surface area contributed by atoms with E-state index in [9.17, 15) is 4.79 Å². The number of esters is 1. The third-order valence-electron chi connectivity index (χ3n) is 13.1. The van der Waals surface area contributed by atoms with Gasteiger partial charge in [0.05, 0.1) is 5.56 Å². The number of ether oxygens (including phenoxy) is 1. The van der Waals surface area contributed by atoms with Crippen LogP contribution in [-0.4, -0.2) is 12.1 Å². The van der Waals surface area contributed by atoms with Crippen LogP contribution in [0, 0.1) is 45.3 Å². The van der Waals surface area contributed by atoms with Crippen molar-refractivity contribution in [3.8, 4) is 0 Å². The number of hydrogen-bond donors (Lipinski definition) is 0. The highest BCUT2D eigenvalue weighted by Gasteiger charge is 2.63. The van der Waals surface area contributed by atoms with E-state index in [1.54, 1.807) is 0 Å². The minimum Gasteiger partial charge on any atom is -0.458 e. The Morgan fingerprint density at radius 2 is 1.59 bits per heavy atom. The molecule has 0 radical (unpaired) electrons. The second-order valence-corrected chi connectivity index (χ2v) is 15.8. The summed E-state index contributed by atoms with van der Waals surface area (Å²) in [5.41, 5.74) is 5.36. The summed E-state index contributed by atoms with van der Waals surface area (Å²) < 4.78 is 6.26. The molecule has 7 atom stereocenters. The summed E-state index contributed by atoms with van der Waals surface area (Å²) in [6.07, 6.45) is 14.2. The van der Waals surface area contributed by atoms with Crippen LogP contribution in [-0.2, 0) is 4.74 Å². The van der Waals surface area contributed by atoms with Crippen LogP contribution in [0.1, 0.15) is 136 Å². The van der Waals surface area contributed by atoms with Crippen LogP contribution in [0.5, 0.6) is 0 Å². The molecule has 0 amide bonds. The van der Waals surface area contributed by atoms with Crippen molar-refractivity contribution in [2.45, 2.75) is 132 Å². The lowest BCUT2D eigenvalue weighted by atomic mass is 9.43. The molecule has 216 valence electrons. The van der Waals surface area contributed by atoms with Crippen molar-refractivity contribution in [2.75, 3.05) is 0 Å². The molecule has 1 aromatic rings. The van der Waals surface area contributed by atoms with Crippen molar-refractivity contribution < 1.29 is 9.53 Å². The van der Waals surface area contributed by atoms with Crippen LogP contribution in [0.3, 0.4) is 0 Å². The third-order valence-corrected chi connectivity index (χ3v) is 13.1. The molecule has 0 heterocycles. The van der Waals surface area contributed by atoms with Crippen molar-refractivity contribution in [3.63, 3.8) is 0 Å². The molecule has 39 heavy (non-hydrogen) atoms. The maximum Gasteiger partial charge on any atom is 0.338 e. The van der Waals surface area contributed by atoms with Crippen molar-refractivity contribution >= 4 is 5.97 Å². The molecular weight excluding hydrogens is 476 g/mol. The molecule has 0 saturated heterocycles. The molecule has 0 spiro atoms. The Hall–Kier alpha value is -1.57. The molecule has 0 unspecified atom stereocenters. The second kappa shape index (κ2) is 10.4. The van der Waals surface area contributed by atoms with Gasteiger partial charge in [-0.25, -0.2) is 4.79 Å². The van der Waals surface area contributed by atoms with Gasteiger partial charge in [0.1, 0.15) is 6.10 Å². The molecule has 2 nitrogen and oxygen atoms in total. The average molecular weight is 533 g/mol. The number of carbonyl (C=O) groups excluding carboxylic acids is 1. The van der Waals surface area contributed by atoms with Gasteiger partial charge in [-0.05, 0) is 103 Å². The van der Waals surface area contributed by atoms with Crippen LogP contribution >= 0.6 is 0 Å². The van der Waals surface area contributed by atoms with E-state index >= 15 is 0 Å². The SMILES string of the molecule is CC(C)CCC[C@H](C)[C@@H]1CC[C@]2(C)C3=C(CC[C@]12C)[C@]1(C)CC[C@H](OC(=O)c2ccccc2)C(C)(C)[C@H]1CC3. The molecule has 2 saturated carbocycles. The van der Waals surface area contributed by atoms with E-state index < -0.39 is 0 Å². The molecule has 0 bridgehead atoms. The average Bonchev–Trinajstić information content (AvgIpc) is 3.17. The molecule has 5 rings (SSSR count). The lowest BCUT2D eigenvalue weighted by Gasteiger charge is -2.62. The van der Waals surface area contributed by atoms with Crippen molar-refractivity contribution in [2.24, 2.45) is 45.3 Å². The third kappa shape index (κ3) is 4.64. The zero-order valence-electron chi connectivity index (χ0n) is 26.4. The van der Waals surface area contributed by atoms with Gasteiger partial charge in [-0.2, -0.15) is 0 Å². The molecule has 4 aliphatic rings. The lowest BCUT2D eigenvalue weighted by molar-refractivity contribution is -0.104. The van der Waals surface area contributed by atoms with Crippen molar-refractivity contribution in [1.29, 1.82) is 0 Å². The number of rotatable bonds is 7. The van der Waals surface area contributed by atoms with E-state index in [-0.39, 0.29) is 22.9 Å². The molecule has 1 aromatic carbocycles. The predicted molar refractivity (Wildman–Crippen MR) is 163 cm³/mol. The van der Waals surface area contributed by atoms with Gasteiger partial charge in [-0.3, -0.25) is 0 Å². The molecule has 0 aliphatic heterocycles. The Balaban J connectivity index is 1.37. The zero-order valence-corrected chi connectivity index (χ0v) is 26.4. The minimum atomic E-state index is -0.159.